The molecule has 0 spiro atoms. The van der Waals surface area contributed by atoms with E-state index < -0.39 is 5.97 Å². The third-order valence-corrected chi connectivity index (χ3v) is 4.52. The standard InChI is InChI=1S/C21H18N4O3/c1-28-20(26)16-6-2-8-18(11-16)25-19-17(7-4-10-23-19)14-24(21(25)27)13-15-5-3-9-22-12-15/h2-12H,13-14H2,1H3. The molecule has 4 rings (SSSR count). The number of ether oxygens (including phenoxy) is 1. The lowest BCUT2D eigenvalue weighted by Crippen LogP contribution is -2.44. The molecule has 0 aliphatic carbocycles. The maximum atomic E-state index is 13.3. The number of carbonyl (C=O) groups excluding carboxylic acids is 2. The van der Waals surface area contributed by atoms with E-state index in [1.54, 1.807) is 47.8 Å². The van der Waals surface area contributed by atoms with Crippen molar-refractivity contribution in [3.63, 3.8) is 0 Å². The molecule has 7 heteroatoms. The lowest BCUT2D eigenvalue weighted by Gasteiger charge is -2.36. The Morgan fingerprint density at radius 1 is 1.14 bits per heavy atom. The van der Waals surface area contributed by atoms with E-state index >= 15 is 0 Å². The van der Waals surface area contributed by atoms with Gasteiger partial charge in [-0.25, -0.2) is 19.5 Å². The lowest BCUT2D eigenvalue weighted by atomic mass is 10.1. The number of methoxy groups -OCH3 is 1. The summed E-state index contributed by atoms with van der Waals surface area (Å²) in [5.74, 6) is 0.108. The van der Waals surface area contributed by atoms with Gasteiger partial charge in [0.15, 0.2) is 0 Å². The first kappa shape index (κ1) is 17.7. The second-order valence-corrected chi connectivity index (χ2v) is 6.36. The van der Waals surface area contributed by atoms with E-state index in [1.807, 2.05) is 24.3 Å². The summed E-state index contributed by atoms with van der Waals surface area (Å²) in [4.78, 5) is 37.0. The van der Waals surface area contributed by atoms with Gasteiger partial charge in [-0.15, -0.1) is 0 Å². The van der Waals surface area contributed by atoms with Crippen LogP contribution in [0, 0.1) is 0 Å². The van der Waals surface area contributed by atoms with Crippen molar-refractivity contribution in [3.05, 3.63) is 83.8 Å². The first-order valence-electron chi connectivity index (χ1n) is 8.77. The van der Waals surface area contributed by atoms with E-state index in [2.05, 4.69) is 9.97 Å². The van der Waals surface area contributed by atoms with E-state index in [0.29, 0.717) is 30.2 Å². The monoisotopic (exact) mass is 374 g/mol. The summed E-state index contributed by atoms with van der Waals surface area (Å²) in [6.45, 7) is 0.873. The Kier molecular flexibility index (Phi) is 4.72. The van der Waals surface area contributed by atoms with Crippen LogP contribution in [-0.4, -0.2) is 34.0 Å². The SMILES string of the molecule is COC(=O)c1cccc(N2C(=O)N(Cc3cccnc3)Cc3cccnc32)c1. The minimum absolute atomic E-state index is 0.211. The van der Waals surface area contributed by atoms with E-state index in [-0.39, 0.29) is 6.03 Å². The summed E-state index contributed by atoms with van der Waals surface area (Å²) >= 11 is 0. The van der Waals surface area contributed by atoms with Crippen LogP contribution in [0.1, 0.15) is 21.5 Å². The number of pyridine rings is 2. The predicted molar refractivity (Wildman–Crippen MR) is 103 cm³/mol. The van der Waals surface area contributed by atoms with E-state index in [1.165, 1.54) is 12.0 Å². The first-order valence-corrected chi connectivity index (χ1v) is 8.77. The number of benzene rings is 1. The number of aromatic nitrogens is 2. The van der Waals surface area contributed by atoms with Crippen molar-refractivity contribution in [2.45, 2.75) is 13.1 Å². The fourth-order valence-electron chi connectivity index (χ4n) is 3.22. The van der Waals surface area contributed by atoms with E-state index in [0.717, 1.165) is 11.1 Å². The highest BCUT2D eigenvalue weighted by atomic mass is 16.5. The van der Waals surface area contributed by atoms with Crippen LogP contribution in [0.25, 0.3) is 0 Å². The third kappa shape index (κ3) is 3.29. The van der Waals surface area contributed by atoms with Crippen LogP contribution in [0.5, 0.6) is 0 Å². The second-order valence-electron chi connectivity index (χ2n) is 6.36. The summed E-state index contributed by atoms with van der Waals surface area (Å²) in [6.07, 6.45) is 5.10. The number of rotatable bonds is 4. The number of nitrogens with zero attached hydrogens (tertiary/aromatic N) is 4. The summed E-state index contributed by atoms with van der Waals surface area (Å²) in [5, 5.41) is 0. The number of urea groups is 1. The molecule has 0 N–H and O–H groups in total. The normalized spacial score (nSPS) is 13.2. The van der Waals surface area contributed by atoms with Crippen LogP contribution in [-0.2, 0) is 17.8 Å². The smallest absolute Gasteiger partial charge is 0.337 e. The quantitative estimate of drug-likeness (QED) is 0.653. The maximum absolute atomic E-state index is 13.3. The molecule has 7 nitrogen and oxygen atoms in total. The zero-order valence-electron chi connectivity index (χ0n) is 15.3. The minimum Gasteiger partial charge on any atom is -0.465 e. The zero-order valence-corrected chi connectivity index (χ0v) is 15.3. The van der Waals surface area contributed by atoms with Gasteiger partial charge in [0, 0.05) is 30.7 Å². The Hall–Kier alpha value is -3.74. The van der Waals surface area contributed by atoms with Gasteiger partial charge in [-0.1, -0.05) is 18.2 Å². The Morgan fingerprint density at radius 2 is 2.00 bits per heavy atom. The van der Waals surface area contributed by atoms with Crippen molar-refractivity contribution < 1.29 is 14.3 Å². The van der Waals surface area contributed by atoms with Crippen molar-refractivity contribution in [2.75, 3.05) is 12.0 Å². The van der Waals surface area contributed by atoms with Gasteiger partial charge in [-0.2, -0.15) is 0 Å². The van der Waals surface area contributed by atoms with Crippen molar-refractivity contribution in [2.24, 2.45) is 0 Å². The predicted octanol–water partition coefficient (Wildman–Crippen LogP) is 3.54. The number of fused-ring (bicyclic) bond motifs is 1. The second kappa shape index (κ2) is 7.48. The topological polar surface area (TPSA) is 75.6 Å². The van der Waals surface area contributed by atoms with Gasteiger partial charge in [0.1, 0.15) is 5.82 Å². The molecule has 1 aliphatic rings. The summed E-state index contributed by atoms with van der Waals surface area (Å²) in [5.41, 5.74) is 2.79. The van der Waals surface area contributed by atoms with Crippen LogP contribution in [0.4, 0.5) is 16.3 Å². The van der Waals surface area contributed by atoms with E-state index in [9.17, 15) is 9.59 Å². The molecular weight excluding hydrogens is 356 g/mol. The van der Waals surface area contributed by atoms with Crippen molar-refractivity contribution >= 4 is 23.5 Å². The molecular formula is C21H18N4O3. The minimum atomic E-state index is -0.459. The number of carbonyl (C=O) groups is 2. The maximum Gasteiger partial charge on any atom is 0.337 e. The molecule has 3 aromatic rings. The van der Waals surface area contributed by atoms with E-state index in [4.69, 9.17) is 4.74 Å². The average molecular weight is 374 g/mol. The molecule has 2 amide bonds. The molecule has 2 aromatic heterocycles. The Balaban J connectivity index is 1.75. The molecule has 1 aliphatic heterocycles. The Bertz CT molecular complexity index is 1020. The Labute approximate surface area is 162 Å². The van der Waals surface area contributed by atoms with Gasteiger partial charge in [0.2, 0.25) is 0 Å². The van der Waals surface area contributed by atoms with Gasteiger partial charge in [-0.05, 0) is 35.9 Å². The summed E-state index contributed by atoms with van der Waals surface area (Å²) in [6, 6.07) is 14.1. The molecule has 0 unspecified atom stereocenters. The molecule has 0 atom stereocenters. The molecule has 1 aromatic carbocycles. The molecule has 28 heavy (non-hydrogen) atoms. The van der Waals surface area contributed by atoms with Crippen LogP contribution in [0.3, 0.4) is 0 Å². The van der Waals surface area contributed by atoms with Gasteiger partial charge in [0.05, 0.1) is 24.9 Å². The number of anilines is 2. The van der Waals surface area contributed by atoms with Crippen LogP contribution >= 0.6 is 0 Å². The highest BCUT2D eigenvalue weighted by molar-refractivity contribution is 6.02. The van der Waals surface area contributed by atoms with Crippen molar-refractivity contribution in [3.8, 4) is 0 Å². The molecule has 0 saturated carbocycles. The van der Waals surface area contributed by atoms with Crippen LogP contribution in [0.15, 0.2) is 67.1 Å². The van der Waals surface area contributed by atoms with Gasteiger partial charge >= 0.3 is 12.0 Å². The number of hydrogen-bond acceptors (Lipinski definition) is 5. The number of hydrogen-bond donors (Lipinski definition) is 0. The zero-order chi connectivity index (χ0) is 19.5. The fourth-order valence-corrected chi connectivity index (χ4v) is 3.22. The lowest BCUT2D eigenvalue weighted by molar-refractivity contribution is 0.0600. The number of amides is 2. The molecule has 0 bridgehead atoms. The van der Waals surface area contributed by atoms with Crippen molar-refractivity contribution in [1.29, 1.82) is 0 Å². The third-order valence-electron chi connectivity index (χ3n) is 4.52. The van der Waals surface area contributed by atoms with Gasteiger partial charge < -0.3 is 9.64 Å². The van der Waals surface area contributed by atoms with Crippen LogP contribution in [0.2, 0.25) is 0 Å². The molecule has 3 heterocycles. The fraction of sp³-hybridized carbons (Fsp3) is 0.143. The number of esters is 1. The highest BCUT2D eigenvalue weighted by Gasteiger charge is 2.32. The van der Waals surface area contributed by atoms with Gasteiger partial charge in [-0.3, -0.25) is 4.98 Å². The molecule has 0 fully saturated rings. The Morgan fingerprint density at radius 3 is 2.79 bits per heavy atom. The molecule has 0 radical (unpaired) electrons. The first-order chi connectivity index (χ1) is 13.7. The van der Waals surface area contributed by atoms with Gasteiger partial charge in [0.25, 0.3) is 0 Å². The highest BCUT2D eigenvalue weighted by Crippen LogP contribution is 2.34. The summed E-state index contributed by atoms with van der Waals surface area (Å²) in [7, 11) is 1.33. The van der Waals surface area contributed by atoms with Crippen molar-refractivity contribution in [1.82, 2.24) is 14.9 Å². The molecule has 0 saturated heterocycles. The largest absolute Gasteiger partial charge is 0.465 e. The van der Waals surface area contributed by atoms with Crippen LogP contribution < -0.4 is 4.90 Å². The molecule has 140 valence electrons. The summed E-state index contributed by atoms with van der Waals surface area (Å²) < 4.78 is 4.80. The average Bonchev–Trinajstić information content (AvgIpc) is 2.74.